The molecule has 4 heterocycles. The molecule has 0 spiro atoms. The van der Waals surface area contributed by atoms with Crippen molar-refractivity contribution in [2.45, 2.75) is 20.1 Å². The van der Waals surface area contributed by atoms with E-state index in [9.17, 15) is 0 Å². The third-order valence-electron chi connectivity index (χ3n) is 7.34. The molecule has 0 atom stereocenters. The number of hydrogen-bond donors (Lipinski definition) is 0. The largest absolute Gasteiger partial charge is 0.486 e. The fraction of sp³-hybridized carbons (Fsp3) is 0.0714. The smallest absolute Gasteiger partial charge is 0.216 e. The van der Waals surface area contributed by atoms with E-state index in [1.54, 1.807) is 36.5 Å². The van der Waals surface area contributed by atoms with E-state index in [0.29, 0.717) is 39.4 Å². The van der Waals surface area contributed by atoms with Crippen molar-refractivity contribution in [3.8, 4) is 33.6 Å². The Kier molecular flexibility index (Phi) is 7.13. The van der Waals surface area contributed by atoms with Crippen LogP contribution in [0.25, 0.3) is 55.7 Å². The van der Waals surface area contributed by atoms with Crippen LogP contribution in [-0.2, 0) is 26.5 Å². The summed E-state index contributed by atoms with van der Waals surface area (Å²) in [4.78, 5) is 13.2. The maximum absolute atomic E-state index is 8.54. The van der Waals surface area contributed by atoms with Crippen molar-refractivity contribution in [3.05, 3.63) is 174 Å². The van der Waals surface area contributed by atoms with Gasteiger partial charge in [0.15, 0.2) is 0 Å². The summed E-state index contributed by atoms with van der Waals surface area (Å²) in [5.41, 5.74) is 6.33. The molecule has 4 aromatic carbocycles. The van der Waals surface area contributed by atoms with Gasteiger partial charge in [0.25, 0.3) is 0 Å². The molecule has 0 fully saturated rings. The van der Waals surface area contributed by atoms with E-state index in [2.05, 4.69) is 27.1 Å². The first-order valence-electron chi connectivity index (χ1n) is 18.6. The SMILES string of the molecule is [2H]C([2H])([2H])c1c[c-]c(-c2cc(-c3ccccc3)c(C([2H])([2H])[2H])cn2)cc1.[2H]C([2H])(c1ccccc1)c1ccc2c(n1)oc1c(-c3ccccn3)[c-]ccc12.[Ir]. The molecule has 8 rings (SSSR count). The zero-order valence-corrected chi connectivity index (χ0v) is 27.3. The van der Waals surface area contributed by atoms with Crippen LogP contribution in [0.1, 0.15) is 33.4 Å². The summed E-state index contributed by atoms with van der Waals surface area (Å²) in [5.74, 6) is 0. The average Bonchev–Trinajstić information content (AvgIpc) is 3.57. The van der Waals surface area contributed by atoms with Gasteiger partial charge in [0, 0.05) is 60.9 Å². The first-order valence-corrected chi connectivity index (χ1v) is 14.6. The van der Waals surface area contributed by atoms with Crippen molar-refractivity contribution in [3.63, 3.8) is 0 Å². The predicted molar refractivity (Wildman–Crippen MR) is 186 cm³/mol. The van der Waals surface area contributed by atoms with Crippen LogP contribution >= 0.6 is 0 Å². The first kappa shape index (κ1) is 23.2. The van der Waals surface area contributed by atoms with Gasteiger partial charge in [-0.2, -0.15) is 0 Å². The molecule has 4 nitrogen and oxygen atoms in total. The average molecular weight is 794 g/mol. The van der Waals surface area contributed by atoms with Gasteiger partial charge in [-0.15, -0.1) is 53.6 Å². The number of furan rings is 1. The van der Waals surface area contributed by atoms with Crippen molar-refractivity contribution >= 4 is 22.1 Å². The van der Waals surface area contributed by atoms with Gasteiger partial charge in [-0.05, 0) is 58.7 Å². The number of aryl methyl sites for hydroxylation is 2. The van der Waals surface area contributed by atoms with Gasteiger partial charge in [-0.1, -0.05) is 96.7 Å². The summed E-state index contributed by atoms with van der Waals surface area (Å²) >= 11 is 0. The van der Waals surface area contributed by atoms with Crippen molar-refractivity contribution < 1.29 is 35.5 Å². The molecule has 0 amide bonds. The Labute approximate surface area is 299 Å². The summed E-state index contributed by atoms with van der Waals surface area (Å²) in [6.45, 7) is -4.48. The number of benzene rings is 4. The van der Waals surface area contributed by atoms with Crippen molar-refractivity contribution in [2.75, 3.05) is 0 Å². The van der Waals surface area contributed by atoms with E-state index in [0.717, 1.165) is 27.6 Å². The standard InChI is InChI=1S/C23H15N2O.C19H16N.Ir/c1-2-7-16(8-3-1)15-17-12-13-19-18-9-6-10-20(21-11-4-5-14-24-21)22(18)26-23(19)25-17;1-14-8-10-17(11-9-14)19-12-18(15(2)13-20-19)16-6-4-3-5-7-16;/h1-9,11-14H,15H2;3-10,12-13H,1-2H3;/q2*-1;/i15D2;1D3,2D3;. The molecule has 0 aliphatic heterocycles. The normalized spacial score (nSPS) is 14.0. The number of aromatic nitrogens is 3. The van der Waals surface area contributed by atoms with E-state index >= 15 is 0 Å². The Morgan fingerprint density at radius 1 is 0.766 bits per heavy atom. The van der Waals surface area contributed by atoms with Gasteiger partial charge >= 0.3 is 0 Å². The minimum absolute atomic E-state index is 0. The van der Waals surface area contributed by atoms with E-state index in [1.165, 1.54) is 18.3 Å². The Hall–Kier alpha value is -5.22. The van der Waals surface area contributed by atoms with E-state index in [1.807, 2.05) is 84.9 Å². The summed E-state index contributed by atoms with van der Waals surface area (Å²) < 4.78 is 68.7. The number of pyridine rings is 3. The van der Waals surface area contributed by atoms with E-state index in [4.69, 9.17) is 15.4 Å². The first-order chi connectivity index (χ1) is 25.8. The maximum atomic E-state index is 8.54. The summed E-state index contributed by atoms with van der Waals surface area (Å²) in [6, 6.07) is 43.7. The number of fused-ring (bicyclic) bond motifs is 3. The van der Waals surface area contributed by atoms with Gasteiger partial charge in [0.05, 0.1) is 5.58 Å². The topological polar surface area (TPSA) is 51.8 Å². The van der Waals surface area contributed by atoms with E-state index < -0.39 is 20.1 Å². The van der Waals surface area contributed by atoms with Crippen LogP contribution < -0.4 is 0 Å². The molecule has 0 N–H and O–H groups in total. The fourth-order valence-electron chi connectivity index (χ4n) is 5.11. The minimum Gasteiger partial charge on any atom is -0.486 e. The number of rotatable bonds is 5. The third kappa shape index (κ3) is 7.12. The summed E-state index contributed by atoms with van der Waals surface area (Å²) in [6.07, 6.45) is 1.37. The Bertz CT molecular complexity index is 2540. The van der Waals surface area contributed by atoms with Crippen molar-refractivity contribution in [1.29, 1.82) is 0 Å². The van der Waals surface area contributed by atoms with Crippen LogP contribution in [0.15, 0.2) is 144 Å². The Balaban J connectivity index is 0.000000184. The molecular weight excluding hydrogens is 755 g/mol. The molecule has 1 radical (unpaired) electrons. The van der Waals surface area contributed by atoms with Crippen LogP contribution in [0.2, 0.25) is 0 Å². The molecule has 0 unspecified atom stereocenters. The molecule has 0 saturated heterocycles. The quantitative estimate of drug-likeness (QED) is 0.163. The second-order valence-corrected chi connectivity index (χ2v) is 10.4. The summed E-state index contributed by atoms with van der Waals surface area (Å²) in [7, 11) is 0. The van der Waals surface area contributed by atoms with Gasteiger partial charge in [-0.25, -0.2) is 4.98 Å². The van der Waals surface area contributed by atoms with Crippen LogP contribution in [0.3, 0.4) is 0 Å². The summed E-state index contributed by atoms with van der Waals surface area (Å²) in [5, 5.41) is 1.75. The van der Waals surface area contributed by atoms with Gasteiger partial charge in [-0.3, -0.25) is 0 Å². The second-order valence-electron chi connectivity index (χ2n) is 10.4. The fourth-order valence-corrected chi connectivity index (χ4v) is 5.11. The molecule has 0 aliphatic carbocycles. The van der Waals surface area contributed by atoms with Crippen LogP contribution in [0.5, 0.6) is 0 Å². The second kappa shape index (κ2) is 14.5. The van der Waals surface area contributed by atoms with Crippen LogP contribution in [0.4, 0.5) is 0 Å². The van der Waals surface area contributed by atoms with E-state index in [-0.39, 0.29) is 31.2 Å². The predicted octanol–water partition coefficient (Wildman–Crippen LogP) is 10.3. The van der Waals surface area contributed by atoms with Crippen molar-refractivity contribution in [2.24, 2.45) is 0 Å². The number of hydrogen-bond acceptors (Lipinski definition) is 4. The number of nitrogens with zero attached hydrogens (tertiary/aromatic N) is 3. The molecule has 231 valence electrons. The monoisotopic (exact) mass is 794 g/mol. The third-order valence-corrected chi connectivity index (χ3v) is 7.34. The van der Waals surface area contributed by atoms with Gasteiger partial charge in [0.2, 0.25) is 5.71 Å². The van der Waals surface area contributed by atoms with Crippen molar-refractivity contribution in [1.82, 2.24) is 15.0 Å². The van der Waals surface area contributed by atoms with Crippen LogP contribution in [-0.4, -0.2) is 15.0 Å². The molecule has 4 aromatic heterocycles. The Morgan fingerprint density at radius 3 is 2.34 bits per heavy atom. The molecule has 47 heavy (non-hydrogen) atoms. The van der Waals surface area contributed by atoms with Gasteiger partial charge < -0.3 is 14.4 Å². The zero-order valence-electron chi connectivity index (χ0n) is 32.9. The molecule has 0 aliphatic rings. The molecule has 0 bridgehead atoms. The maximum Gasteiger partial charge on any atom is 0.216 e. The van der Waals surface area contributed by atoms with Crippen LogP contribution in [0, 0.1) is 25.8 Å². The Morgan fingerprint density at radius 2 is 1.60 bits per heavy atom. The zero-order chi connectivity index (χ0) is 38.1. The molecule has 0 saturated carbocycles. The molecule has 5 heteroatoms. The molecular formula is C42H31IrN3O-2. The van der Waals surface area contributed by atoms with Gasteiger partial charge in [0.1, 0.15) is 0 Å². The minimum atomic E-state index is -2.29. The molecule has 8 aromatic rings.